The first-order valence-corrected chi connectivity index (χ1v) is 11.2. The second-order valence-electron chi connectivity index (χ2n) is 7.65. The van der Waals surface area contributed by atoms with Crippen molar-refractivity contribution < 1.29 is 9.53 Å². The van der Waals surface area contributed by atoms with Gasteiger partial charge in [0.1, 0.15) is 11.6 Å². The van der Waals surface area contributed by atoms with Crippen LogP contribution in [-0.2, 0) is 6.42 Å². The third-order valence-corrected chi connectivity index (χ3v) is 6.13. The lowest BCUT2D eigenvalue weighted by Gasteiger charge is -2.22. The molecule has 3 aromatic rings. The highest BCUT2D eigenvalue weighted by molar-refractivity contribution is 7.09. The predicted molar refractivity (Wildman–Crippen MR) is 124 cm³/mol. The van der Waals surface area contributed by atoms with E-state index in [-0.39, 0.29) is 6.03 Å². The molecule has 0 atom stereocenters. The minimum atomic E-state index is -0.0903. The van der Waals surface area contributed by atoms with Gasteiger partial charge in [-0.2, -0.15) is 4.37 Å². The lowest BCUT2D eigenvalue weighted by molar-refractivity contribution is 0.215. The van der Waals surface area contributed by atoms with E-state index in [2.05, 4.69) is 45.8 Å². The fourth-order valence-electron chi connectivity index (χ4n) is 3.55. The zero-order valence-corrected chi connectivity index (χ0v) is 18.7. The van der Waals surface area contributed by atoms with Crippen LogP contribution in [0.3, 0.4) is 0 Å². The Balaban J connectivity index is 1.34. The van der Waals surface area contributed by atoms with Crippen LogP contribution >= 0.6 is 11.5 Å². The van der Waals surface area contributed by atoms with Gasteiger partial charge in [0.25, 0.3) is 0 Å². The van der Waals surface area contributed by atoms with Gasteiger partial charge in [-0.3, -0.25) is 0 Å². The van der Waals surface area contributed by atoms with E-state index in [0.29, 0.717) is 13.1 Å². The molecule has 0 bridgehead atoms. The average Bonchev–Trinajstić information content (AvgIpc) is 3.10. The number of benzene rings is 2. The van der Waals surface area contributed by atoms with Gasteiger partial charge in [-0.1, -0.05) is 35.9 Å². The molecule has 2 aromatic carbocycles. The summed E-state index contributed by atoms with van der Waals surface area (Å²) >= 11 is 1.44. The minimum absolute atomic E-state index is 0.0903. The molecule has 1 fully saturated rings. The second kappa shape index (κ2) is 9.78. The first kappa shape index (κ1) is 21.1. The lowest BCUT2D eigenvalue weighted by Crippen LogP contribution is -2.38. The van der Waals surface area contributed by atoms with Crippen LogP contribution < -0.4 is 15.0 Å². The van der Waals surface area contributed by atoms with E-state index in [1.165, 1.54) is 22.7 Å². The molecule has 2 amide bonds. The third-order valence-electron chi connectivity index (χ3n) is 5.31. The fraction of sp³-hybridized carbons (Fsp3) is 0.348. The minimum Gasteiger partial charge on any atom is -0.497 e. The van der Waals surface area contributed by atoms with E-state index in [1.807, 2.05) is 29.2 Å². The van der Waals surface area contributed by atoms with Crippen molar-refractivity contribution in [3.63, 3.8) is 0 Å². The van der Waals surface area contributed by atoms with Gasteiger partial charge in [0.2, 0.25) is 5.13 Å². The summed E-state index contributed by atoms with van der Waals surface area (Å²) in [4.78, 5) is 21.6. The van der Waals surface area contributed by atoms with Crippen molar-refractivity contribution in [2.75, 3.05) is 43.5 Å². The molecular weight excluding hydrogens is 410 g/mol. The highest BCUT2D eigenvalue weighted by Crippen LogP contribution is 2.22. The summed E-state index contributed by atoms with van der Waals surface area (Å²) in [6.07, 6.45) is 1.62. The highest BCUT2D eigenvalue weighted by Gasteiger charge is 2.21. The zero-order chi connectivity index (χ0) is 21.6. The van der Waals surface area contributed by atoms with Crippen LogP contribution in [0.2, 0.25) is 0 Å². The van der Waals surface area contributed by atoms with Crippen LogP contribution in [0.1, 0.15) is 23.4 Å². The van der Waals surface area contributed by atoms with Crippen molar-refractivity contribution in [2.24, 2.45) is 0 Å². The Bertz CT molecular complexity index is 1020. The Morgan fingerprint density at radius 3 is 2.77 bits per heavy atom. The number of hydrogen-bond donors (Lipinski definition) is 1. The molecule has 0 aliphatic carbocycles. The van der Waals surface area contributed by atoms with Crippen molar-refractivity contribution in [1.29, 1.82) is 0 Å². The molecule has 1 N–H and O–H groups in total. The number of anilines is 2. The SMILES string of the molecule is COc1cccc(NC(=O)N2CCCN(c3nc(Cc4ccc(C)cc4)ns3)CC2)c1. The molecule has 7 nitrogen and oxygen atoms in total. The number of aromatic nitrogens is 2. The Morgan fingerprint density at radius 1 is 1.13 bits per heavy atom. The van der Waals surface area contributed by atoms with Crippen LogP contribution in [0, 0.1) is 6.92 Å². The summed E-state index contributed by atoms with van der Waals surface area (Å²) in [7, 11) is 1.62. The van der Waals surface area contributed by atoms with E-state index in [9.17, 15) is 4.79 Å². The Morgan fingerprint density at radius 2 is 1.97 bits per heavy atom. The molecule has 0 saturated carbocycles. The van der Waals surface area contributed by atoms with E-state index in [1.54, 1.807) is 7.11 Å². The number of urea groups is 1. The predicted octanol–water partition coefficient (Wildman–Crippen LogP) is 4.19. The van der Waals surface area contributed by atoms with Crippen molar-refractivity contribution in [3.05, 3.63) is 65.5 Å². The first-order valence-electron chi connectivity index (χ1n) is 10.4. The van der Waals surface area contributed by atoms with E-state index in [0.717, 1.165) is 48.3 Å². The summed E-state index contributed by atoms with van der Waals surface area (Å²) < 4.78 is 9.78. The highest BCUT2D eigenvalue weighted by atomic mass is 32.1. The Hall–Kier alpha value is -3.13. The molecular formula is C23H27N5O2S. The van der Waals surface area contributed by atoms with Crippen molar-refractivity contribution in [3.8, 4) is 5.75 Å². The molecule has 31 heavy (non-hydrogen) atoms. The van der Waals surface area contributed by atoms with Gasteiger partial charge >= 0.3 is 6.03 Å². The quantitative estimate of drug-likeness (QED) is 0.648. The number of amides is 2. The van der Waals surface area contributed by atoms with Crippen LogP contribution in [0.4, 0.5) is 15.6 Å². The topological polar surface area (TPSA) is 70.6 Å². The third kappa shape index (κ3) is 5.52. The van der Waals surface area contributed by atoms with Gasteiger partial charge < -0.3 is 19.9 Å². The van der Waals surface area contributed by atoms with E-state index >= 15 is 0 Å². The van der Waals surface area contributed by atoms with Gasteiger partial charge in [-0.05, 0) is 31.0 Å². The maximum absolute atomic E-state index is 12.7. The standard InChI is InChI=1S/C23H27N5O2S/c1-17-7-9-18(10-8-17)15-21-25-23(31-26-21)28-12-4-11-27(13-14-28)22(29)24-19-5-3-6-20(16-19)30-2/h3,5-10,16H,4,11-15H2,1-2H3,(H,24,29). The largest absolute Gasteiger partial charge is 0.497 e. The molecule has 1 aromatic heterocycles. The smallest absolute Gasteiger partial charge is 0.321 e. The summed E-state index contributed by atoms with van der Waals surface area (Å²) in [5.74, 6) is 1.57. The Labute approximate surface area is 186 Å². The maximum Gasteiger partial charge on any atom is 0.321 e. The molecule has 0 unspecified atom stereocenters. The summed E-state index contributed by atoms with van der Waals surface area (Å²) in [6, 6.07) is 15.8. The molecule has 4 rings (SSSR count). The van der Waals surface area contributed by atoms with Crippen molar-refractivity contribution >= 4 is 28.4 Å². The molecule has 8 heteroatoms. The Kier molecular flexibility index (Phi) is 6.66. The number of carbonyl (C=O) groups excluding carboxylic acids is 1. The number of nitrogens with one attached hydrogen (secondary N) is 1. The fourth-order valence-corrected chi connectivity index (χ4v) is 4.29. The molecule has 2 heterocycles. The normalized spacial score (nSPS) is 14.3. The van der Waals surface area contributed by atoms with Crippen molar-refractivity contribution in [1.82, 2.24) is 14.3 Å². The molecule has 0 radical (unpaired) electrons. The molecule has 1 aliphatic heterocycles. The number of methoxy groups -OCH3 is 1. The monoisotopic (exact) mass is 437 g/mol. The van der Waals surface area contributed by atoms with Crippen molar-refractivity contribution in [2.45, 2.75) is 19.8 Å². The van der Waals surface area contributed by atoms with Crippen LogP contribution in [-0.4, -0.2) is 53.6 Å². The summed E-state index contributed by atoms with van der Waals surface area (Å²) in [5.41, 5.74) is 3.20. The van der Waals surface area contributed by atoms with E-state index < -0.39 is 0 Å². The molecule has 0 spiro atoms. The van der Waals surface area contributed by atoms with Gasteiger partial charge in [-0.15, -0.1) is 0 Å². The lowest BCUT2D eigenvalue weighted by atomic mass is 10.1. The van der Waals surface area contributed by atoms with Gasteiger partial charge in [0.15, 0.2) is 0 Å². The van der Waals surface area contributed by atoms with Gasteiger partial charge in [0.05, 0.1) is 7.11 Å². The van der Waals surface area contributed by atoms with Crippen LogP contribution in [0.25, 0.3) is 0 Å². The van der Waals surface area contributed by atoms with Gasteiger partial charge in [0, 0.05) is 55.9 Å². The van der Waals surface area contributed by atoms with Gasteiger partial charge in [-0.25, -0.2) is 9.78 Å². The number of hydrogen-bond acceptors (Lipinski definition) is 6. The maximum atomic E-state index is 12.7. The molecule has 162 valence electrons. The second-order valence-corrected chi connectivity index (χ2v) is 8.38. The number of ether oxygens (including phenoxy) is 1. The van der Waals surface area contributed by atoms with Crippen LogP contribution in [0.15, 0.2) is 48.5 Å². The number of aryl methyl sites for hydroxylation is 1. The average molecular weight is 438 g/mol. The molecule has 1 aliphatic rings. The first-order chi connectivity index (χ1) is 15.1. The number of nitrogens with zero attached hydrogens (tertiary/aromatic N) is 4. The molecule has 1 saturated heterocycles. The van der Waals surface area contributed by atoms with E-state index in [4.69, 9.17) is 9.72 Å². The summed E-state index contributed by atoms with van der Waals surface area (Å²) in [6.45, 7) is 5.04. The van der Waals surface area contributed by atoms with Crippen LogP contribution in [0.5, 0.6) is 5.75 Å². The number of carbonyl (C=O) groups is 1. The zero-order valence-electron chi connectivity index (χ0n) is 17.9. The number of rotatable bonds is 5. The summed E-state index contributed by atoms with van der Waals surface area (Å²) in [5, 5.41) is 3.90.